The van der Waals surface area contributed by atoms with Crippen LogP contribution in [-0.4, -0.2) is 6.61 Å². The minimum Gasteiger partial charge on any atom is -0.492 e. The van der Waals surface area contributed by atoms with E-state index in [1.165, 1.54) is 28.8 Å². The van der Waals surface area contributed by atoms with Crippen LogP contribution in [0.4, 0.5) is 10.1 Å². The topological polar surface area (TPSA) is 21.3 Å². The predicted octanol–water partition coefficient (Wildman–Crippen LogP) is 4.45. The van der Waals surface area contributed by atoms with Crippen molar-refractivity contribution in [3.8, 4) is 5.75 Å². The van der Waals surface area contributed by atoms with Crippen molar-refractivity contribution >= 4 is 5.69 Å². The van der Waals surface area contributed by atoms with E-state index in [0.717, 1.165) is 5.69 Å². The fraction of sp³-hybridized carbons (Fsp3) is 0.294. The third kappa shape index (κ3) is 3.29. The smallest absolute Gasteiger partial charge is 0.145 e. The van der Waals surface area contributed by atoms with E-state index in [-0.39, 0.29) is 5.82 Å². The van der Waals surface area contributed by atoms with Crippen LogP contribution in [0.3, 0.4) is 0 Å². The molecule has 2 rings (SSSR count). The summed E-state index contributed by atoms with van der Waals surface area (Å²) in [5.74, 6) is 0.267. The second kappa shape index (κ2) is 6.42. The number of nitrogens with one attached hydrogen (secondary N) is 1. The first-order valence-electron chi connectivity index (χ1n) is 6.83. The van der Waals surface area contributed by atoms with Crippen LogP contribution in [-0.2, 0) is 6.54 Å². The van der Waals surface area contributed by atoms with Crippen LogP contribution in [0.15, 0.2) is 36.4 Å². The molecule has 0 spiro atoms. The Labute approximate surface area is 119 Å². The van der Waals surface area contributed by atoms with E-state index in [0.29, 0.717) is 18.9 Å². The van der Waals surface area contributed by atoms with Crippen LogP contribution in [0, 0.1) is 19.7 Å². The van der Waals surface area contributed by atoms with Crippen LogP contribution in [0.25, 0.3) is 0 Å². The van der Waals surface area contributed by atoms with E-state index >= 15 is 0 Å². The van der Waals surface area contributed by atoms with E-state index in [9.17, 15) is 4.39 Å². The summed E-state index contributed by atoms with van der Waals surface area (Å²) >= 11 is 0. The summed E-state index contributed by atoms with van der Waals surface area (Å²) in [6, 6.07) is 10.8. The minimum absolute atomic E-state index is 0.286. The molecular formula is C17H20FNO. The molecule has 1 N–H and O–H groups in total. The largest absolute Gasteiger partial charge is 0.492 e. The Bertz CT molecular complexity index is 596. The summed E-state index contributed by atoms with van der Waals surface area (Å²) < 4.78 is 18.7. The standard InChI is InChI=1S/C17H20FNO/c1-4-20-17-10-15(18)8-9-16(17)19-11-14-7-5-6-12(2)13(14)3/h5-10,19H,4,11H2,1-3H3. The van der Waals surface area contributed by atoms with Crippen molar-refractivity contribution < 1.29 is 9.13 Å². The zero-order valence-corrected chi connectivity index (χ0v) is 12.2. The van der Waals surface area contributed by atoms with Gasteiger partial charge in [-0.1, -0.05) is 18.2 Å². The van der Waals surface area contributed by atoms with E-state index in [1.54, 1.807) is 6.07 Å². The quantitative estimate of drug-likeness (QED) is 0.868. The Morgan fingerprint density at radius 2 is 1.95 bits per heavy atom. The molecule has 0 saturated heterocycles. The molecule has 0 heterocycles. The molecule has 0 aliphatic heterocycles. The molecule has 2 nitrogen and oxygen atoms in total. The molecular weight excluding hydrogens is 253 g/mol. The summed E-state index contributed by atoms with van der Waals surface area (Å²) in [7, 11) is 0. The van der Waals surface area contributed by atoms with Gasteiger partial charge in [-0.2, -0.15) is 0 Å². The highest BCUT2D eigenvalue weighted by Crippen LogP contribution is 2.26. The minimum atomic E-state index is -0.286. The lowest BCUT2D eigenvalue weighted by Crippen LogP contribution is -2.05. The SMILES string of the molecule is CCOc1cc(F)ccc1NCc1cccc(C)c1C. The molecule has 106 valence electrons. The zero-order chi connectivity index (χ0) is 14.5. The van der Waals surface area contributed by atoms with Gasteiger partial charge in [0, 0.05) is 12.6 Å². The van der Waals surface area contributed by atoms with Gasteiger partial charge in [-0.3, -0.25) is 0 Å². The number of anilines is 1. The van der Waals surface area contributed by atoms with Crippen LogP contribution in [0.1, 0.15) is 23.6 Å². The van der Waals surface area contributed by atoms with Crippen molar-refractivity contribution in [1.29, 1.82) is 0 Å². The average molecular weight is 273 g/mol. The number of halogens is 1. The number of rotatable bonds is 5. The lowest BCUT2D eigenvalue weighted by molar-refractivity contribution is 0.340. The first kappa shape index (κ1) is 14.4. The maximum Gasteiger partial charge on any atom is 0.145 e. The Kier molecular flexibility index (Phi) is 4.61. The molecule has 2 aromatic carbocycles. The lowest BCUT2D eigenvalue weighted by atomic mass is 10.0. The number of hydrogen-bond donors (Lipinski definition) is 1. The van der Waals surface area contributed by atoms with Gasteiger partial charge in [0.15, 0.2) is 0 Å². The monoisotopic (exact) mass is 273 g/mol. The number of hydrogen-bond acceptors (Lipinski definition) is 2. The summed E-state index contributed by atoms with van der Waals surface area (Å²) in [6.45, 7) is 7.31. The molecule has 0 saturated carbocycles. The molecule has 0 aromatic heterocycles. The fourth-order valence-electron chi connectivity index (χ4n) is 2.11. The molecule has 0 atom stereocenters. The van der Waals surface area contributed by atoms with Crippen molar-refractivity contribution in [1.82, 2.24) is 0 Å². The number of ether oxygens (including phenoxy) is 1. The third-order valence-corrected chi connectivity index (χ3v) is 3.43. The number of benzene rings is 2. The highest BCUT2D eigenvalue weighted by atomic mass is 19.1. The summed E-state index contributed by atoms with van der Waals surface area (Å²) in [6.07, 6.45) is 0. The zero-order valence-electron chi connectivity index (χ0n) is 12.2. The van der Waals surface area contributed by atoms with Crippen molar-refractivity contribution in [3.05, 3.63) is 58.9 Å². The van der Waals surface area contributed by atoms with Gasteiger partial charge in [0.25, 0.3) is 0 Å². The second-order valence-electron chi connectivity index (χ2n) is 4.79. The molecule has 0 aliphatic rings. The first-order chi connectivity index (χ1) is 9.61. The molecule has 2 aromatic rings. The van der Waals surface area contributed by atoms with Gasteiger partial charge in [-0.05, 0) is 49.6 Å². The Balaban J connectivity index is 2.16. The van der Waals surface area contributed by atoms with Crippen molar-refractivity contribution in [3.63, 3.8) is 0 Å². The van der Waals surface area contributed by atoms with E-state index in [4.69, 9.17) is 4.74 Å². The highest BCUT2D eigenvalue weighted by molar-refractivity contribution is 5.57. The lowest BCUT2D eigenvalue weighted by Gasteiger charge is -2.14. The van der Waals surface area contributed by atoms with Crippen molar-refractivity contribution in [2.75, 3.05) is 11.9 Å². The molecule has 20 heavy (non-hydrogen) atoms. The highest BCUT2D eigenvalue weighted by Gasteiger charge is 2.06. The summed E-state index contributed by atoms with van der Waals surface area (Å²) in [5.41, 5.74) is 4.60. The molecule has 3 heteroatoms. The number of aryl methyl sites for hydroxylation is 1. The first-order valence-corrected chi connectivity index (χ1v) is 6.83. The summed E-state index contributed by atoms with van der Waals surface area (Å²) in [5, 5.41) is 3.32. The normalized spacial score (nSPS) is 10.4. The van der Waals surface area contributed by atoms with Crippen molar-refractivity contribution in [2.45, 2.75) is 27.3 Å². The van der Waals surface area contributed by atoms with E-state index < -0.39 is 0 Å². The molecule has 0 unspecified atom stereocenters. The van der Waals surface area contributed by atoms with Gasteiger partial charge in [0.1, 0.15) is 11.6 Å². The molecule has 0 radical (unpaired) electrons. The van der Waals surface area contributed by atoms with Gasteiger partial charge in [0.05, 0.1) is 12.3 Å². The van der Waals surface area contributed by atoms with Crippen LogP contribution < -0.4 is 10.1 Å². The third-order valence-electron chi connectivity index (χ3n) is 3.43. The van der Waals surface area contributed by atoms with Crippen LogP contribution in [0.2, 0.25) is 0 Å². The molecule has 0 fully saturated rings. The van der Waals surface area contributed by atoms with Gasteiger partial charge in [-0.15, -0.1) is 0 Å². The Morgan fingerprint density at radius 1 is 1.15 bits per heavy atom. The Morgan fingerprint density at radius 3 is 2.70 bits per heavy atom. The molecule has 0 amide bonds. The second-order valence-corrected chi connectivity index (χ2v) is 4.79. The maximum atomic E-state index is 13.2. The average Bonchev–Trinajstić information content (AvgIpc) is 2.42. The predicted molar refractivity (Wildman–Crippen MR) is 80.8 cm³/mol. The summed E-state index contributed by atoms with van der Waals surface area (Å²) in [4.78, 5) is 0. The van der Waals surface area contributed by atoms with E-state index in [1.807, 2.05) is 13.0 Å². The van der Waals surface area contributed by atoms with Gasteiger partial charge in [0.2, 0.25) is 0 Å². The molecule has 0 aliphatic carbocycles. The van der Waals surface area contributed by atoms with Crippen molar-refractivity contribution in [2.24, 2.45) is 0 Å². The van der Waals surface area contributed by atoms with Gasteiger partial charge in [-0.25, -0.2) is 4.39 Å². The van der Waals surface area contributed by atoms with Gasteiger partial charge < -0.3 is 10.1 Å². The Hall–Kier alpha value is -2.03. The molecule has 0 bridgehead atoms. The fourth-order valence-corrected chi connectivity index (χ4v) is 2.11. The van der Waals surface area contributed by atoms with Gasteiger partial charge >= 0.3 is 0 Å². The van der Waals surface area contributed by atoms with Crippen LogP contribution in [0.5, 0.6) is 5.75 Å². The maximum absolute atomic E-state index is 13.2. The van der Waals surface area contributed by atoms with E-state index in [2.05, 4.69) is 31.3 Å². The van der Waals surface area contributed by atoms with Crippen LogP contribution >= 0.6 is 0 Å².